The third-order valence-electron chi connectivity index (χ3n) is 3.25. The fourth-order valence-corrected chi connectivity index (χ4v) is 2.62. The van der Waals surface area contributed by atoms with E-state index in [2.05, 4.69) is 58.4 Å². The van der Waals surface area contributed by atoms with Gasteiger partial charge in [0, 0.05) is 26.2 Å². The molecule has 0 fully saturated rings. The minimum Gasteiger partial charge on any atom is -0.383 e. The zero-order valence-corrected chi connectivity index (χ0v) is 13.6. The van der Waals surface area contributed by atoms with Crippen molar-refractivity contribution < 1.29 is 4.74 Å². The van der Waals surface area contributed by atoms with Crippen molar-refractivity contribution >= 4 is 15.9 Å². The molecule has 0 aliphatic rings. The summed E-state index contributed by atoms with van der Waals surface area (Å²) in [6, 6.07) is 0.396. The summed E-state index contributed by atoms with van der Waals surface area (Å²) in [6.45, 7) is 8.96. The van der Waals surface area contributed by atoms with Crippen LogP contribution >= 0.6 is 15.9 Å². The van der Waals surface area contributed by atoms with Gasteiger partial charge in [0.15, 0.2) is 0 Å². The molecule has 0 spiro atoms. The number of ether oxygens (including phenoxy) is 1. The fourth-order valence-electron chi connectivity index (χ4n) is 1.93. The van der Waals surface area contributed by atoms with Gasteiger partial charge in [0.25, 0.3) is 0 Å². The van der Waals surface area contributed by atoms with Crippen molar-refractivity contribution in [3.8, 4) is 0 Å². The second kappa shape index (κ2) is 7.26. The van der Waals surface area contributed by atoms with Crippen LogP contribution in [0.25, 0.3) is 0 Å². The van der Waals surface area contributed by atoms with E-state index in [9.17, 15) is 0 Å². The molecule has 4 nitrogen and oxygen atoms in total. The van der Waals surface area contributed by atoms with Gasteiger partial charge in [-0.25, -0.2) is 0 Å². The molecule has 18 heavy (non-hydrogen) atoms. The topological polar surface area (TPSA) is 30.3 Å². The van der Waals surface area contributed by atoms with Crippen molar-refractivity contribution in [1.29, 1.82) is 0 Å². The van der Waals surface area contributed by atoms with Crippen LogP contribution in [0.4, 0.5) is 0 Å². The molecule has 0 N–H and O–H groups in total. The van der Waals surface area contributed by atoms with Crippen molar-refractivity contribution in [3.05, 3.63) is 15.9 Å². The number of aromatic nitrogens is 2. The summed E-state index contributed by atoms with van der Waals surface area (Å²) in [7, 11) is 3.86. The highest BCUT2D eigenvalue weighted by Crippen LogP contribution is 2.23. The van der Waals surface area contributed by atoms with Crippen LogP contribution in [-0.2, 0) is 24.2 Å². The fraction of sp³-hybridized carbons (Fsp3) is 0.769. The molecule has 5 heteroatoms. The monoisotopic (exact) mass is 317 g/mol. The van der Waals surface area contributed by atoms with Gasteiger partial charge in [-0.15, -0.1) is 0 Å². The minimum atomic E-state index is 0.396. The number of halogens is 1. The summed E-state index contributed by atoms with van der Waals surface area (Å²) < 4.78 is 8.44. The molecule has 0 aromatic carbocycles. The van der Waals surface area contributed by atoms with E-state index in [1.165, 1.54) is 5.69 Å². The van der Waals surface area contributed by atoms with Crippen LogP contribution in [0.5, 0.6) is 0 Å². The van der Waals surface area contributed by atoms with Crippen LogP contribution < -0.4 is 0 Å². The highest BCUT2D eigenvalue weighted by atomic mass is 79.9. The highest BCUT2D eigenvalue weighted by molar-refractivity contribution is 9.10. The van der Waals surface area contributed by atoms with Gasteiger partial charge >= 0.3 is 0 Å². The Morgan fingerprint density at radius 2 is 2.11 bits per heavy atom. The van der Waals surface area contributed by atoms with E-state index in [0.29, 0.717) is 6.04 Å². The summed E-state index contributed by atoms with van der Waals surface area (Å²) >= 11 is 3.68. The van der Waals surface area contributed by atoms with E-state index < -0.39 is 0 Å². The Balaban J connectivity index is 2.85. The molecule has 1 aromatic rings. The number of hydrogen-bond donors (Lipinski definition) is 0. The van der Waals surface area contributed by atoms with Crippen molar-refractivity contribution in [1.82, 2.24) is 14.7 Å². The lowest BCUT2D eigenvalue weighted by atomic mass is 10.2. The Labute approximate surface area is 118 Å². The molecular weight excluding hydrogens is 294 g/mol. The van der Waals surface area contributed by atoms with Gasteiger partial charge in [0.1, 0.15) is 0 Å². The van der Waals surface area contributed by atoms with Gasteiger partial charge in [0.2, 0.25) is 0 Å². The highest BCUT2D eigenvalue weighted by Gasteiger charge is 2.17. The molecule has 0 bridgehead atoms. The van der Waals surface area contributed by atoms with Gasteiger partial charge < -0.3 is 4.74 Å². The second-order valence-electron chi connectivity index (χ2n) is 4.60. The number of methoxy groups -OCH3 is 1. The van der Waals surface area contributed by atoms with Crippen LogP contribution in [0.1, 0.15) is 32.2 Å². The first kappa shape index (κ1) is 15.7. The van der Waals surface area contributed by atoms with Crippen LogP contribution in [0.2, 0.25) is 0 Å². The van der Waals surface area contributed by atoms with E-state index in [1.54, 1.807) is 7.11 Å². The number of likely N-dealkylation sites (N-methyl/N-ethyl adjacent to an activating group) is 1. The quantitative estimate of drug-likeness (QED) is 0.774. The molecule has 1 heterocycles. The molecular formula is C13H24BrN3O. The molecule has 0 saturated heterocycles. The summed E-state index contributed by atoms with van der Waals surface area (Å²) in [6.07, 6.45) is 0.956. The average Bonchev–Trinajstić information content (AvgIpc) is 2.66. The van der Waals surface area contributed by atoms with Crippen molar-refractivity contribution in [2.75, 3.05) is 20.8 Å². The average molecular weight is 318 g/mol. The lowest BCUT2D eigenvalue weighted by Gasteiger charge is -2.24. The molecule has 1 aromatic heterocycles. The predicted molar refractivity (Wildman–Crippen MR) is 77.8 cm³/mol. The Hall–Kier alpha value is -0.390. The van der Waals surface area contributed by atoms with Gasteiger partial charge in [-0.1, -0.05) is 6.92 Å². The zero-order chi connectivity index (χ0) is 13.7. The van der Waals surface area contributed by atoms with Gasteiger partial charge in [0.05, 0.1) is 22.5 Å². The maximum Gasteiger partial charge on any atom is 0.0767 e. The summed E-state index contributed by atoms with van der Waals surface area (Å²) in [5.74, 6) is 0. The van der Waals surface area contributed by atoms with E-state index in [1.807, 2.05) is 0 Å². The minimum absolute atomic E-state index is 0.396. The number of nitrogens with zero attached hydrogens (tertiary/aromatic N) is 3. The zero-order valence-electron chi connectivity index (χ0n) is 12.0. The second-order valence-corrected chi connectivity index (χ2v) is 5.39. The number of rotatable bonds is 7. The molecule has 0 aliphatic carbocycles. The molecule has 0 aliphatic heterocycles. The summed E-state index contributed by atoms with van der Waals surface area (Å²) in [4.78, 5) is 2.29. The molecule has 0 radical (unpaired) electrons. The molecule has 0 amide bonds. The van der Waals surface area contributed by atoms with Gasteiger partial charge in [-0.2, -0.15) is 5.10 Å². The lowest BCUT2D eigenvalue weighted by molar-refractivity contribution is 0.110. The molecule has 1 atom stereocenters. The van der Waals surface area contributed by atoms with E-state index >= 15 is 0 Å². The summed E-state index contributed by atoms with van der Waals surface area (Å²) in [5, 5.41) is 4.62. The normalized spacial score (nSPS) is 13.3. The molecule has 1 rings (SSSR count). The molecule has 104 valence electrons. The third kappa shape index (κ3) is 3.56. The SMILES string of the molecule is CCc1nn(CC)c(CN(C)C(C)COC)c1Br. The largest absolute Gasteiger partial charge is 0.383 e. The number of hydrogen-bond acceptors (Lipinski definition) is 3. The van der Waals surface area contributed by atoms with Crippen LogP contribution in [0, 0.1) is 0 Å². The molecule has 1 unspecified atom stereocenters. The van der Waals surface area contributed by atoms with E-state index in [4.69, 9.17) is 4.74 Å². The molecule has 0 saturated carbocycles. The maximum absolute atomic E-state index is 5.20. The van der Waals surface area contributed by atoms with Gasteiger partial charge in [-0.3, -0.25) is 9.58 Å². The Kier molecular flexibility index (Phi) is 6.32. The summed E-state index contributed by atoms with van der Waals surface area (Å²) in [5.41, 5.74) is 2.39. The van der Waals surface area contributed by atoms with Crippen molar-refractivity contribution in [3.63, 3.8) is 0 Å². The van der Waals surface area contributed by atoms with Crippen LogP contribution in [0.3, 0.4) is 0 Å². The maximum atomic E-state index is 5.20. The van der Waals surface area contributed by atoms with Crippen LogP contribution in [-0.4, -0.2) is 41.5 Å². The van der Waals surface area contributed by atoms with Crippen molar-refractivity contribution in [2.24, 2.45) is 0 Å². The Bertz CT molecular complexity index is 379. The van der Waals surface area contributed by atoms with Gasteiger partial charge in [-0.05, 0) is 43.2 Å². The van der Waals surface area contributed by atoms with Crippen LogP contribution in [0.15, 0.2) is 4.47 Å². The Morgan fingerprint density at radius 3 is 2.61 bits per heavy atom. The van der Waals surface area contributed by atoms with E-state index in [-0.39, 0.29) is 0 Å². The van der Waals surface area contributed by atoms with E-state index in [0.717, 1.165) is 36.3 Å². The first-order valence-electron chi connectivity index (χ1n) is 6.48. The first-order valence-corrected chi connectivity index (χ1v) is 7.27. The first-order chi connectivity index (χ1) is 8.54. The number of aryl methyl sites for hydroxylation is 2. The van der Waals surface area contributed by atoms with Crippen molar-refractivity contribution in [2.45, 2.75) is 46.3 Å². The lowest BCUT2D eigenvalue weighted by Crippen LogP contribution is -2.33. The Morgan fingerprint density at radius 1 is 1.44 bits per heavy atom. The third-order valence-corrected chi connectivity index (χ3v) is 4.17. The predicted octanol–water partition coefficient (Wildman–Crippen LogP) is 2.69. The standard InChI is InChI=1S/C13H24BrN3O/c1-6-11-13(14)12(17(7-2)15-11)8-16(4)10(3)9-18-5/h10H,6-9H2,1-5H3. The smallest absolute Gasteiger partial charge is 0.0767 e.